The van der Waals surface area contributed by atoms with Gasteiger partial charge in [0.1, 0.15) is 0 Å². The van der Waals surface area contributed by atoms with Gasteiger partial charge in [0.05, 0.1) is 6.54 Å². The maximum atomic E-state index is 11.1. The highest BCUT2D eigenvalue weighted by molar-refractivity contribution is 6.29. The molecular weight excluding hydrogens is 176 g/mol. The average Bonchev–Trinajstić information content (AvgIpc) is 2.00. The van der Waals surface area contributed by atoms with E-state index in [1.807, 2.05) is 6.92 Å². The van der Waals surface area contributed by atoms with E-state index < -0.39 is 0 Å². The van der Waals surface area contributed by atoms with Crippen molar-refractivity contribution in [1.82, 2.24) is 5.32 Å². The molecule has 0 rings (SSSR count). The highest BCUT2D eigenvalue weighted by atomic mass is 35.5. The second-order valence-corrected chi connectivity index (χ2v) is 3.37. The molecule has 0 heterocycles. The number of amides is 1. The molecular formula is C8H15ClN2O. The van der Waals surface area contributed by atoms with Crippen LogP contribution in [0.3, 0.4) is 0 Å². The molecule has 3 N–H and O–H groups in total. The van der Waals surface area contributed by atoms with E-state index in [0.717, 1.165) is 0 Å². The van der Waals surface area contributed by atoms with Crippen LogP contribution in [-0.2, 0) is 4.79 Å². The van der Waals surface area contributed by atoms with Gasteiger partial charge in [-0.2, -0.15) is 0 Å². The number of hydrogen-bond acceptors (Lipinski definition) is 2. The minimum Gasteiger partial charge on any atom is -0.351 e. The lowest BCUT2D eigenvalue weighted by atomic mass is 10.1. The van der Waals surface area contributed by atoms with Gasteiger partial charge in [-0.15, -0.1) is 0 Å². The summed E-state index contributed by atoms with van der Waals surface area (Å²) < 4.78 is 0. The molecule has 0 bridgehead atoms. The number of carbonyl (C=O) groups is 1. The standard InChI is InChI=1S/C8H15ClN2O/c1-6(4-10)3-8(12)11-5-7(2)9/h6H,2-5,10H2,1H3,(H,11,12). The number of nitrogens with one attached hydrogen (secondary N) is 1. The van der Waals surface area contributed by atoms with E-state index in [9.17, 15) is 4.79 Å². The molecule has 0 aliphatic carbocycles. The van der Waals surface area contributed by atoms with Crippen molar-refractivity contribution in [2.75, 3.05) is 13.1 Å². The Morgan fingerprint density at radius 3 is 2.75 bits per heavy atom. The van der Waals surface area contributed by atoms with Gasteiger partial charge < -0.3 is 11.1 Å². The van der Waals surface area contributed by atoms with Gasteiger partial charge in [0.2, 0.25) is 5.91 Å². The zero-order valence-corrected chi connectivity index (χ0v) is 8.03. The Kier molecular flexibility index (Phi) is 5.76. The Balaban J connectivity index is 3.53. The number of carbonyl (C=O) groups excluding carboxylic acids is 1. The summed E-state index contributed by atoms with van der Waals surface area (Å²) >= 11 is 5.46. The van der Waals surface area contributed by atoms with Crippen molar-refractivity contribution in [3.8, 4) is 0 Å². The maximum absolute atomic E-state index is 11.1. The molecule has 1 atom stereocenters. The van der Waals surface area contributed by atoms with Crippen LogP contribution >= 0.6 is 11.6 Å². The largest absolute Gasteiger partial charge is 0.351 e. The second-order valence-electron chi connectivity index (χ2n) is 2.84. The lowest BCUT2D eigenvalue weighted by Gasteiger charge is -2.07. The van der Waals surface area contributed by atoms with Gasteiger partial charge in [0, 0.05) is 11.5 Å². The normalized spacial score (nSPS) is 12.2. The third-order valence-electron chi connectivity index (χ3n) is 1.41. The van der Waals surface area contributed by atoms with Crippen LogP contribution in [0, 0.1) is 5.92 Å². The highest BCUT2D eigenvalue weighted by Crippen LogP contribution is 1.99. The van der Waals surface area contributed by atoms with Crippen LogP contribution in [0.4, 0.5) is 0 Å². The summed E-state index contributed by atoms with van der Waals surface area (Å²) in [5, 5.41) is 3.06. The molecule has 0 fully saturated rings. The minimum atomic E-state index is -0.0326. The van der Waals surface area contributed by atoms with Crippen molar-refractivity contribution in [3.63, 3.8) is 0 Å². The van der Waals surface area contributed by atoms with E-state index in [1.54, 1.807) is 0 Å². The topological polar surface area (TPSA) is 55.1 Å². The van der Waals surface area contributed by atoms with Crippen molar-refractivity contribution >= 4 is 17.5 Å². The number of hydrogen-bond donors (Lipinski definition) is 2. The summed E-state index contributed by atoms with van der Waals surface area (Å²) in [5.74, 6) is 0.184. The molecule has 0 saturated carbocycles. The molecule has 3 nitrogen and oxygen atoms in total. The lowest BCUT2D eigenvalue weighted by molar-refractivity contribution is -0.121. The van der Waals surface area contributed by atoms with Gasteiger partial charge in [0.25, 0.3) is 0 Å². The van der Waals surface area contributed by atoms with E-state index in [2.05, 4.69) is 11.9 Å². The van der Waals surface area contributed by atoms with E-state index in [-0.39, 0.29) is 11.8 Å². The summed E-state index contributed by atoms with van der Waals surface area (Å²) in [6.45, 7) is 6.23. The van der Waals surface area contributed by atoms with Crippen LogP contribution in [0.5, 0.6) is 0 Å². The Morgan fingerprint density at radius 2 is 2.33 bits per heavy atom. The Bertz CT molecular complexity index is 170. The Morgan fingerprint density at radius 1 is 1.75 bits per heavy atom. The highest BCUT2D eigenvalue weighted by Gasteiger charge is 2.06. The van der Waals surface area contributed by atoms with Crippen LogP contribution in [0.25, 0.3) is 0 Å². The molecule has 70 valence electrons. The van der Waals surface area contributed by atoms with E-state index in [0.29, 0.717) is 24.5 Å². The van der Waals surface area contributed by atoms with Gasteiger partial charge in [-0.3, -0.25) is 4.79 Å². The molecule has 0 radical (unpaired) electrons. The SMILES string of the molecule is C=C(Cl)CNC(=O)CC(C)CN. The summed E-state index contributed by atoms with van der Waals surface area (Å²) in [7, 11) is 0. The summed E-state index contributed by atoms with van der Waals surface area (Å²) in [4.78, 5) is 11.1. The molecule has 0 spiro atoms. The maximum Gasteiger partial charge on any atom is 0.220 e. The first kappa shape index (κ1) is 11.5. The van der Waals surface area contributed by atoms with E-state index in [4.69, 9.17) is 17.3 Å². The monoisotopic (exact) mass is 190 g/mol. The quantitative estimate of drug-likeness (QED) is 0.675. The van der Waals surface area contributed by atoms with Crippen molar-refractivity contribution < 1.29 is 4.79 Å². The van der Waals surface area contributed by atoms with Gasteiger partial charge in [-0.05, 0) is 12.5 Å². The van der Waals surface area contributed by atoms with Crippen molar-refractivity contribution in [1.29, 1.82) is 0 Å². The fourth-order valence-electron chi connectivity index (χ4n) is 0.666. The van der Waals surface area contributed by atoms with Gasteiger partial charge >= 0.3 is 0 Å². The Hall–Kier alpha value is -0.540. The first-order chi connectivity index (χ1) is 5.56. The fourth-order valence-corrected chi connectivity index (χ4v) is 0.733. The molecule has 12 heavy (non-hydrogen) atoms. The zero-order valence-electron chi connectivity index (χ0n) is 7.27. The zero-order chi connectivity index (χ0) is 9.56. The molecule has 0 aliphatic heterocycles. The predicted octanol–water partition coefficient (Wildman–Crippen LogP) is 0.840. The molecule has 0 aromatic carbocycles. The molecule has 0 aromatic heterocycles. The molecule has 4 heteroatoms. The van der Waals surface area contributed by atoms with Crippen molar-refractivity contribution in [2.24, 2.45) is 11.7 Å². The fraction of sp³-hybridized carbons (Fsp3) is 0.625. The first-order valence-electron chi connectivity index (χ1n) is 3.86. The molecule has 0 aromatic rings. The van der Waals surface area contributed by atoms with E-state index in [1.165, 1.54) is 0 Å². The number of nitrogens with two attached hydrogens (primary N) is 1. The Labute approximate surface area is 78.0 Å². The van der Waals surface area contributed by atoms with Crippen molar-refractivity contribution in [2.45, 2.75) is 13.3 Å². The van der Waals surface area contributed by atoms with Crippen LogP contribution in [0.15, 0.2) is 11.6 Å². The molecule has 1 amide bonds. The third-order valence-corrected chi connectivity index (χ3v) is 1.55. The number of halogens is 1. The van der Waals surface area contributed by atoms with Gasteiger partial charge in [0.15, 0.2) is 0 Å². The third kappa shape index (κ3) is 6.19. The average molecular weight is 191 g/mol. The van der Waals surface area contributed by atoms with Crippen LogP contribution in [0.1, 0.15) is 13.3 Å². The van der Waals surface area contributed by atoms with E-state index >= 15 is 0 Å². The van der Waals surface area contributed by atoms with Crippen LogP contribution in [0.2, 0.25) is 0 Å². The lowest BCUT2D eigenvalue weighted by Crippen LogP contribution is -2.27. The number of rotatable bonds is 5. The van der Waals surface area contributed by atoms with Gasteiger partial charge in [-0.1, -0.05) is 25.1 Å². The van der Waals surface area contributed by atoms with Crippen LogP contribution in [-0.4, -0.2) is 19.0 Å². The minimum absolute atomic E-state index is 0.0326. The molecule has 0 saturated heterocycles. The molecule has 0 aliphatic rings. The molecule has 1 unspecified atom stereocenters. The van der Waals surface area contributed by atoms with Gasteiger partial charge in [-0.25, -0.2) is 0 Å². The van der Waals surface area contributed by atoms with Crippen LogP contribution < -0.4 is 11.1 Å². The second kappa shape index (κ2) is 6.03. The smallest absolute Gasteiger partial charge is 0.220 e. The van der Waals surface area contributed by atoms with Crippen molar-refractivity contribution in [3.05, 3.63) is 11.6 Å². The summed E-state index contributed by atoms with van der Waals surface area (Å²) in [6.07, 6.45) is 0.445. The summed E-state index contributed by atoms with van der Waals surface area (Å²) in [6, 6.07) is 0. The first-order valence-corrected chi connectivity index (χ1v) is 4.24. The summed E-state index contributed by atoms with van der Waals surface area (Å²) in [5.41, 5.74) is 5.35. The predicted molar refractivity (Wildman–Crippen MR) is 50.8 cm³/mol.